The zero-order valence-corrected chi connectivity index (χ0v) is 16.2. The quantitative estimate of drug-likeness (QED) is 0.414. The molecule has 0 bridgehead atoms. The summed E-state index contributed by atoms with van der Waals surface area (Å²) in [7, 11) is 1.56. The zero-order chi connectivity index (χ0) is 19.6. The molecule has 146 valence electrons. The Kier molecular flexibility index (Phi) is 8.31. The first-order valence-corrected chi connectivity index (χ1v) is 9.43. The lowest BCUT2D eigenvalue weighted by Crippen LogP contribution is -2.31. The van der Waals surface area contributed by atoms with E-state index in [4.69, 9.17) is 4.74 Å². The minimum atomic E-state index is -0.242. The van der Waals surface area contributed by atoms with Gasteiger partial charge in [0, 0.05) is 19.3 Å². The number of thioether (sulfide) groups is 1. The maximum Gasteiger partial charge on any atom is 0.240 e. The number of ether oxygens (including phenoxy) is 1. The number of nitrogens with zero attached hydrogens (tertiary/aromatic N) is 2. The van der Waals surface area contributed by atoms with Crippen molar-refractivity contribution in [3.63, 3.8) is 0 Å². The Hall–Kier alpha value is -2.36. The largest absolute Gasteiger partial charge is 0.390 e. The number of benzene rings is 1. The summed E-state index contributed by atoms with van der Waals surface area (Å²) in [5.74, 6) is -0.244. The molecule has 0 aliphatic heterocycles. The normalized spacial score (nSPS) is 10.6. The van der Waals surface area contributed by atoms with E-state index in [0.29, 0.717) is 24.0 Å². The zero-order valence-electron chi connectivity index (χ0n) is 15.4. The Morgan fingerprint density at radius 3 is 2.78 bits per heavy atom. The van der Waals surface area contributed by atoms with Crippen LogP contribution in [0.4, 0.5) is 5.69 Å². The van der Waals surface area contributed by atoms with Gasteiger partial charge in [-0.2, -0.15) is 0 Å². The predicted octanol–water partition coefficient (Wildman–Crippen LogP) is 1.18. The van der Waals surface area contributed by atoms with Crippen LogP contribution in [-0.2, 0) is 27.5 Å². The molecule has 9 heteroatoms. The van der Waals surface area contributed by atoms with E-state index < -0.39 is 0 Å². The lowest BCUT2D eigenvalue weighted by molar-refractivity contribution is -0.122. The van der Waals surface area contributed by atoms with E-state index in [1.54, 1.807) is 11.7 Å². The van der Waals surface area contributed by atoms with Crippen LogP contribution in [0.25, 0.3) is 0 Å². The van der Waals surface area contributed by atoms with Crippen molar-refractivity contribution < 1.29 is 19.4 Å². The number of para-hydroxylation sites is 1. The summed E-state index contributed by atoms with van der Waals surface area (Å²) in [6, 6.07) is 7.53. The fourth-order valence-electron chi connectivity index (χ4n) is 2.32. The summed E-state index contributed by atoms with van der Waals surface area (Å²) in [5.41, 5.74) is 2.26. The summed E-state index contributed by atoms with van der Waals surface area (Å²) >= 11 is 1.21. The maximum absolute atomic E-state index is 12.2. The van der Waals surface area contributed by atoms with Crippen molar-refractivity contribution in [1.82, 2.24) is 14.9 Å². The van der Waals surface area contributed by atoms with E-state index in [1.165, 1.54) is 18.0 Å². The Morgan fingerprint density at radius 2 is 2.07 bits per heavy atom. The number of aliphatic hydroxyl groups excluding tert-OH is 1. The Labute approximate surface area is 162 Å². The van der Waals surface area contributed by atoms with Crippen molar-refractivity contribution >= 4 is 29.3 Å². The molecule has 8 nitrogen and oxygen atoms in total. The average Bonchev–Trinajstić information content (AvgIpc) is 3.03. The fraction of sp³-hybridized carbons (Fsp3) is 0.389. The molecule has 2 amide bonds. The molecule has 0 spiro atoms. The third-order valence-electron chi connectivity index (χ3n) is 3.75. The SMILES string of the molecule is COCCNC(=O)Cn1c(CO)cnc1SCC(=O)Nc1ccccc1C. The summed E-state index contributed by atoms with van der Waals surface area (Å²) in [5, 5.41) is 15.5. The fourth-order valence-corrected chi connectivity index (χ4v) is 3.12. The van der Waals surface area contributed by atoms with Crippen molar-refractivity contribution in [2.45, 2.75) is 25.2 Å². The molecular weight excluding hydrogens is 368 g/mol. The first kappa shape index (κ1) is 20.9. The third kappa shape index (κ3) is 6.38. The number of imidazole rings is 1. The van der Waals surface area contributed by atoms with Crippen molar-refractivity contribution in [3.8, 4) is 0 Å². The van der Waals surface area contributed by atoms with Crippen LogP contribution in [0.3, 0.4) is 0 Å². The summed E-state index contributed by atoms with van der Waals surface area (Å²) < 4.78 is 6.50. The summed E-state index contributed by atoms with van der Waals surface area (Å²) in [6.07, 6.45) is 1.50. The van der Waals surface area contributed by atoms with Crippen LogP contribution in [0.5, 0.6) is 0 Å². The molecule has 1 heterocycles. The number of hydrogen-bond acceptors (Lipinski definition) is 6. The van der Waals surface area contributed by atoms with E-state index in [0.717, 1.165) is 11.3 Å². The van der Waals surface area contributed by atoms with E-state index in [-0.39, 0.29) is 30.7 Å². The number of methoxy groups -OCH3 is 1. The number of carbonyl (C=O) groups is 2. The highest BCUT2D eigenvalue weighted by atomic mass is 32.2. The molecule has 2 rings (SSSR count). The Balaban J connectivity index is 1.95. The van der Waals surface area contributed by atoms with Gasteiger partial charge in [-0.15, -0.1) is 0 Å². The molecule has 1 aromatic heterocycles. The van der Waals surface area contributed by atoms with Crippen LogP contribution < -0.4 is 10.6 Å². The smallest absolute Gasteiger partial charge is 0.240 e. The number of aliphatic hydroxyl groups is 1. The molecule has 27 heavy (non-hydrogen) atoms. The Morgan fingerprint density at radius 1 is 1.30 bits per heavy atom. The molecule has 0 unspecified atom stereocenters. The monoisotopic (exact) mass is 392 g/mol. The molecular formula is C18H24N4O4S. The van der Waals surface area contributed by atoms with Gasteiger partial charge in [0.2, 0.25) is 11.8 Å². The second-order valence-electron chi connectivity index (χ2n) is 5.77. The van der Waals surface area contributed by atoms with Gasteiger partial charge >= 0.3 is 0 Å². The van der Waals surface area contributed by atoms with Crippen LogP contribution in [0.1, 0.15) is 11.3 Å². The first-order valence-electron chi connectivity index (χ1n) is 8.44. The number of aromatic nitrogens is 2. The van der Waals surface area contributed by atoms with Gasteiger partial charge < -0.3 is 25.0 Å². The minimum Gasteiger partial charge on any atom is -0.390 e. The average molecular weight is 392 g/mol. The third-order valence-corrected chi connectivity index (χ3v) is 4.74. The van der Waals surface area contributed by atoms with Crippen LogP contribution >= 0.6 is 11.8 Å². The second kappa shape index (κ2) is 10.7. The minimum absolute atomic E-state index is 0.0152. The first-order chi connectivity index (χ1) is 13.0. The van der Waals surface area contributed by atoms with Gasteiger partial charge in [-0.3, -0.25) is 9.59 Å². The van der Waals surface area contributed by atoms with Gasteiger partial charge in [0.1, 0.15) is 6.54 Å². The molecule has 0 radical (unpaired) electrons. The van der Waals surface area contributed by atoms with E-state index >= 15 is 0 Å². The maximum atomic E-state index is 12.2. The molecule has 3 N–H and O–H groups in total. The number of anilines is 1. The number of aryl methyl sites for hydroxylation is 1. The molecule has 0 saturated heterocycles. The number of amides is 2. The molecule has 1 aromatic carbocycles. The van der Waals surface area contributed by atoms with Crippen molar-refractivity contribution in [3.05, 3.63) is 41.7 Å². The molecule has 0 atom stereocenters. The number of carbonyl (C=O) groups excluding carboxylic acids is 2. The van der Waals surface area contributed by atoms with Crippen molar-refractivity contribution in [2.24, 2.45) is 0 Å². The highest BCUT2D eigenvalue weighted by molar-refractivity contribution is 7.99. The van der Waals surface area contributed by atoms with E-state index in [9.17, 15) is 14.7 Å². The van der Waals surface area contributed by atoms with E-state index in [1.807, 2.05) is 31.2 Å². The number of nitrogens with one attached hydrogen (secondary N) is 2. The number of rotatable bonds is 10. The predicted molar refractivity (Wildman–Crippen MR) is 104 cm³/mol. The highest BCUT2D eigenvalue weighted by Gasteiger charge is 2.15. The standard InChI is InChI=1S/C18H24N4O4S/c1-13-5-3-4-6-15(13)21-17(25)12-27-18-20-9-14(11-23)22(18)10-16(24)19-7-8-26-2/h3-6,9,23H,7-8,10-12H2,1-2H3,(H,19,24)(H,21,25). The second-order valence-corrected chi connectivity index (χ2v) is 6.71. The van der Waals surface area contributed by atoms with Crippen LogP contribution in [0.15, 0.2) is 35.6 Å². The summed E-state index contributed by atoms with van der Waals surface area (Å²) in [6.45, 7) is 2.52. The van der Waals surface area contributed by atoms with Crippen LogP contribution in [0.2, 0.25) is 0 Å². The van der Waals surface area contributed by atoms with Crippen molar-refractivity contribution in [2.75, 3.05) is 31.3 Å². The van der Waals surface area contributed by atoms with Gasteiger partial charge in [-0.25, -0.2) is 4.98 Å². The van der Waals surface area contributed by atoms with Gasteiger partial charge in [0.15, 0.2) is 5.16 Å². The highest BCUT2D eigenvalue weighted by Crippen LogP contribution is 2.20. The lowest BCUT2D eigenvalue weighted by atomic mass is 10.2. The lowest BCUT2D eigenvalue weighted by Gasteiger charge is -2.11. The molecule has 0 saturated carbocycles. The van der Waals surface area contributed by atoms with Crippen LogP contribution in [-0.4, -0.2) is 52.5 Å². The Bertz CT molecular complexity index is 778. The summed E-state index contributed by atoms with van der Waals surface area (Å²) in [4.78, 5) is 28.5. The molecule has 0 aliphatic rings. The molecule has 0 aliphatic carbocycles. The van der Waals surface area contributed by atoms with Gasteiger partial charge in [-0.1, -0.05) is 30.0 Å². The molecule has 2 aromatic rings. The van der Waals surface area contributed by atoms with Gasteiger partial charge in [-0.05, 0) is 18.6 Å². The van der Waals surface area contributed by atoms with Gasteiger partial charge in [0.25, 0.3) is 0 Å². The van der Waals surface area contributed by atoms with E-state index in [2.05, 4.69) is 15.6 Å². The van der Waals surface area contributed by atoms with Gasteiger partial charge in [0.05, 0.1) is 30.9 Å². The molecule has 0 fully saturated rings. The number of hydrogen-bond donors (Lipinski definition) is 3. The van der Waals surface area contributed by atoms with Crippen LogP contribution in [0, 0.1) is 6.92 Å². The topological polar surface area (TPSA) is 105 Å². The van der Waals surface area contributed by atoms with Crippen molar-refractivity contribution in [1.29, 1.82) is 0 Å².